The summed E-state index contributed by atoms with van der Waals surface area (Å²) < 4.78 is 4.98. The molecule has 0 saturated heterocycles. The summed E-state index contributed by atoms with van der Waals surface area (Å²) in [5.74, 6) is 0.345. The van der Waals surface area contributed by atoms with Gasteiger partial charge in [-0.25, -0.2) is 4.98 Å². The number of rotatable bonds is 7. The van der Waals surface area contributed by atoms with Gasteiger partial charge in [0.1, 0.15) is 5.82 Å². The van der Waals surface area contributed by atoms with Crippen molar-refractivity contribution in [3.63, 3.8) is 0 Å². The molecule has 0 radical (unpaired) electrons. The molecule has 0 saturated carbocycles. The molecule has 0 unspecified atom stereocenters. The van der Waals surface area contributed by atoms with Crippen LogP contribution < -0.4 is 5.73 Å². The van der Waals surface area contributed by atoms with Gasteiger partial charge >= 0.3 is 0 Å². The summed E-state index contributed by atoms with van der Waals surface area (Å²) >= 11 is 0. The third-order valence-corrected chi connectivity index (χ3v) is 2.93. The van der Waals surface area contributed by atoms with Crippen LogP contribution in [0.15, 0.2) is 12.1 Å². The van der Waals surface area contributed by atoms with Crippen molar-refractivity contribution in [3.05, 3.63) is 23.4 Å². The Morgan fingerprint density at radius 3 is 2.70 bits per heavy atom. The number of carbonyl (C=O) groups excluding carboxylic acids is 1. The molecule has 1 rings (SSSR count). The van der Waals surface area contributed by atoms with Crippen LogP contribution in [-0.2, 0) is 4.74 Å². The molecule has 6 heteroatoms. The average molecular weight is 281 g/mol. The number of amides is 1. The molecule has 0 atom stereocenters. The van der Waals surface area contributed by atoms with Crippen LogP contribution in [0.25, 0.3) is 0 Å². The summed E-state index contributed by atoms with van der Waals surface area (Å²) in [7, 11) is 1.57. The van der Waals surface area contributed by atoms with Gasteiger partial charge in [-0.15, -0.1) is 0 Å². The maximum atomic E-state index is 12.4. The third kappa shape index (κ3) is 4.47. The highest BCUT2D eigenvalue weighted by Crippen LogP contribution is 2.17. The predicted octanol–water partition coefficient (Wildman–Crippen LogP) is 0.868. The highest BCUT2D eigenvalue weighted by molar-refractivity contribution is 5.95. The molecule has 0 aromatic carbocycles. The number of aliphatic hydroxyl groups excluding tert-OH is 1. The number of nitrogens with two attached hydrogens (primary N) is 1. The van der Waals surface area contributed by atoms with Crippen LogP contribution in [-0.4, -0.2) is 54.3 Å². The number of anilines is 1. The zero-order valence-electron chi connectivity index (χ0n) is 12.3. The second-order valence-corrected chi connectivity index (χ2v) is 4.87. The lowest BCUT2D eigenvalue weighted by molar-refractivity contribution is 0.0656. The number of methoxy groups -OCH3 is 1. The molecule has 0 aliphatic rings. The van der Waals surface area contributed by atoms with Gasteiger partial charge < -0.3 is 20.5 Å². The van der Waals surface area contributed by atoms with Crippen LogP contribution in [0.1, 0.15) is 35.8 Å². The number of aromatic nitrogens is 1. The Labute approximate surface area is 119 Å². The fraction of sp³-hybridized carbons (Fsp3) is 0.571. The van der Waals surface area contributed by atoms with Crippen LogP contribution in [0.4, 0.5) is 5.82 Å². The molecular formula is C14H23N3O3. The van der Waals surface area contributed by atoms with Crippen LogP contribution >= 0.6 is 0 Å². The average Bonchev–Trinajstić information content (AvgIpc) is 2.42. The van der Waals surface area contributed by atoms with Crippen molar-refractivity contribution in [2.75, 3.05) is 39.1 Å². The molecule has 6 nitrogen and oxygen atoms in total. The summed E-state index contributed by atoms with van der Waals surface area (Å²) in [6.45, 7) is 5.01. The van der Waals surface area contributed by atoms with E-state index in [0.29, 0.717) is 24.5 Å². The van der Waals surface area contributed by atoms with Crippen molar-refractivity contribution in [2.45, 2.75) is 19.8 Å². The van der Waals surface area contributed by atoms with E-state index in [2.05, 4.69) is 4.98 Å². The summed E-state index contributed by atoms with van der Waals surface area (Å²) in [5.41, 5.74) is 7.03. The van der Waals surface area contributed by atoms with Crippen molar-refractivity contribution in [2.24, 2.45) is 0 Å². The molecule has 1 aromatic heterocycles. The highest BCUT2D eigenvalue weighted by atomic mass is 16.5. The van der Waals surface area contributed by atoms with Crippen LogP contribution in [0, 0.1) is 0 Å². The Morgan fingerprint density at radius 1 is 1.45 bits per heavy atom. The lowest BCUT2D eigenvalue weighted by atomic mass is 10.1. The normalized spacial score (nSPS) is 10.8. The summed E-state index contributed by atoms with van der Waals surface area (Å²) in [6, 6.07) is 3.31. The monoisotopic (exact) mass is 281 g/mol. The molecule has 0 spiro atoms. The van der Waals surface area contributed by atoms with E-state index in [4.69, 9.17) is 15.6 Å². The first-order valence-corrected chi connectivity index (χ1v) is 6.66. The zero-order valence-corrected chi connectivity index (χ0v) is 12.3. The smallest absolute Gasteiger partial charge is 0.254 e. The number of hydrogen-bond acceptors (Lipinski definition) is 5. The quantitative estimate of drug-likeness (QED) is 0.774. The topological polar surface area (TPSA) is 88.7 Å². The van der Waals surface area contributed by atoms with E-state index in [1.165, 1.54) is 0 Å². The van der Waals surface area contributed by atoms with Crippen molar-refractivity contribution >= 4 is 11.7 Å². The zero-order chi connectivity index (χ0) is 15.1. The summed E-state index contributed by atoms with van der Waals surface area (Å²) in [6.07, 6.45) is 0. The maximum absolute atomic E-state index is 12.4. The van der Waals surface area contributed by atoms with Gasteiger partial charge in [-0.1, -0.05) is 13.8 Å². The number of hydrogen-bond donors (Lipinski definition) is 2. The number of nitrogens with zero attached hydrogens (tertiary/aromatic N) is 2. The van der Waals surface area contributed by atoms with E-state index in [0.717, 1.165) is 5.69 Å². The van der Waals surface area contributed by atoms with Crippen molar-refractivity contribution < 1.29 is 14.6 Å². The van der Waals surface area contributed by atoms with Gasteiger partial charge in [0.15, 0.2) is 0 Å². The molecular weight excluding hydrogens is 258 g/mol. The van der Waals surface area contributed by atoms with Crippen LogP contribution in [0.5, 0.6) is 0 Å². The Morgan fingerprint density at radius 2 is 2.15 bits per heavy atom. The molecule has 3 N–H and O–H groups in total. The molecule has 20 heavy (non-hydrogen) atoms. The number of ether oxygens (including phenoxy) is 1. The fourth-order valence-electron chi connectivity index (χ4n) is 1.81. The molecule has 0 aliphatic carbocycles. The highest BCUT2D eigenvalue weighted by Gasteiger charge is 2.17. The number of aliphatic hydroxyl groups is 1. The van der Waals surface area contributed by atoms with E-state index in [1.54, 1.807) is 24.1 Å². The van der Waals surface area contributed by atoms with Crippen LogP contribution in [0.3, 0.4) is 0 Å². The van der Waals surface area contributed by atoms with Gasteiger partial charge in [-0.3, -0.25) is 4.79 Å². The molecule has 112 valence electrons. The van der Waals surface area contributed by atoms with Gasteiger partial charge in [-0.2, -0.15) is 0 Å². The molecule has 1 amide bonds. The molecule has 0 bridgehead atoms. The van der Waals surface area contributed by atoms with Gasteiger partial charge in [0.2, 0.25) is 0 Å². The SMILES string of the molecule is COCCN(CCO)C(=O)c1cc(N)nc(C(C)C)c1. The summed E-state index contributed by atoms with van der Waals surface area (Å²) in [4.78, 5) is 18.2. The second kappa shape index (κ2) is 7.81. The van der Waals surface area contributed by atoms with E-state index >= 15 is 0 Å². The Balaban J connectivity index is 2.98. The number of pyridine rings is 1. The minimum Gasteiger partial charge on any atom is -0.395 e. The first-order valence-electron chi connectivity index (χ1n) is 6.66. The van der Waals surface area contributed by atoms with E-state index in [1.807, 2.05) is 13.8 Å². The third-order valence-electron chi connectivity index (χ3n) is 2.93. The Kier molecular flexibility index (Phi) is 6.41. The van der Waals surface area contributed by atoms with Gasteiger partial charge in [0.05, 0.1) is 13.2 Å². The first-order chi connectivity index (χ1) is 9.49. The van der Waals surface area contributed by atoms with Gasteiger partial charge in [0.25, 0.3) is 5.91 Å². The maximum Gasteiger partial charge on any atom is 0.254 e. The second-order valence-electron chi connectivity index (χ2n) is 4.87. The predicted molar refractivity (Wildman–Crippen MR) is 77.6 cm³/mol. The largest absolute Gasteiger partial charge is 0.395 e. The lowest BCUT2D eigenvalue weighted by Crippen LogP contribution is -2.36. The number of nitrogen functional groups attached to an aromatic ring is 1. The molecule has 0 fully saturated rings. The Bertz CT molecular complexity index is 449. The molecule has 1 aromatic rings. The van der Waals surface area contributed by atoms with Gasteiger partial charge in [0, 0.05) is 31.5 Å². The minimum atomic E-state index is -0.174. The van der Waals surface area contributed by atoms with Crippen molar-refractivity contribution in [1.29, 1.82) is 0 Å². The van der Waals surface area contributed by atoms with Crippen LogP contribution in [0.2, 0.25) is 0 Å². The fourth-order valence-corrected chi connectivity index (χ4v) is 1.81. The van der Waals surface area contributed by atoms with E-state index in [-0.39, 0.29) is 25.0 Å². The van der Waals surface area contributed by atoms with Gasteiger partial charge in [-0.05, 0) is 18.1 Å². The van der Waals surface area contributed by atoms with Crippen molar-refractivity contribution in [1.82, 2.24) is 9.88 Å². The standard InChI is InChI=1S/C14H23N3O3/c1-10(2)12-8-11(9-13(15)16-12)14(19)17(4-6-18)5-7-20-3/h8-10,18H,4-7H2,1-3H3,(H2,15,16). The molecule has 1 heterocycles. The Hall–Kier alpha value is -1.66. The minimum absolute atomic E-state index is 0.0902. The first kappa shape index (κ1) is 16.4. The number of carbonyl (C=O) groups is 1. The van der Waals surface area contributed by atoms with E-state index < -0.39 is 0 Å². The van der Waals surface area contributed by atoms with E-state index in [9.17, 15) is 4.79 Å². The molecule has 0 aliphatic heterocycles. The van der Waals surface area contributed by atoms with Crippen molar-refractivity contribution in [3.8, 4) is 0 Å². The lowest BCUT2D eigenvalue weighted by Gasteiger charge is -2.22. The summed E-state index contributed by atoms with van der Waals surface area (Å²) in [5, 5.41) is 9.06.